The van der Waals surface area contributed by atoms with Crippen LogP contribution in [0.4, 0.5) is 5.69 Å². The Kier molecular flexibility index (Phi) is 9.65. The number of carbonyl (C=O) groups is 3. The lowest BCUT2D eigenvalue weighted by molar-refractivity contribution is -0.137. The molecule has 1 aliphatic heterocycles. The molecule has 0 saturated carbocycles. The molecule has 0 fully saturated rings. The van der Waals surface area contributed by atoms with E-state index < -0.39 is 5.97 Å². The van der Waals surface area contributed by atoms with Gasteiger partial charge in [-0.3, -0.25) is 19.3 Å². The van der Waals surface area contributed by atoms with Crippen molar-refractivity contribution in [1.82, 2.24) is 9.80 Å². The third kappa shape index (κ3) is 6.07. The maximum absolute atomic E-state index is 13.0. The van der Waals surface area contributed by atoms with Crippen LogP contribution < -0.4 is 5.32 Å². The van der Waals surface area contributed by atoms with Crippen molar-refractivity contribution in [3.8, 4) is 0 Å². The Hall–Kier alpha value is -2.93. The highest BCUT2D eigenvalue weighted by Gasteiger charge is 2.32. The number of carbonyl (C=O) groups excluding carboxylic acids is 2. The zero-order valence-corrected chi connectivity index (χ0v) is 19.6. The van der Waals surface area contributed by atoms with Gasteiger partial charge in [-0.05, 0) is 58.1 Å². The standard InChI is InChI=1S/C23H29N3O4.C2H6/c1-25(2)14-7-13-24-19-12-11-18-21-16(19)8-6-9-17(21)22(29)26(23(18)30)15-5-3-4-10-20(27)28;1-2/h6,8-9,11-12,24H,3-5,7,10,13-15H2,1-2H3,(H,27,28);1-2H3. The molecule has 1 heterocycles. The van der Waals surface area contributed by atoms with Gasteiger partial charge in [0, 0.05) is 47.1 Å². The molecule has 0 unspecified atom stereocenters. The molecule has 7 heteroatoms. The predicted octanol–water partition coefficient (Wildman–Crippen LogP) is 4.47. The molecular weight excluding hydrogens is 406 g/mol. The van der Waals surface area contributed by atoms with Crippen LogP contribution in [0.25, 0.3) is 10.8 Å². The van der Waals surface area contributed by atoms with Gasteiger partial charge < -0.3 is 15.3 Å². The maximum atomic E-state index is 13.0. The van der Waals surface area contributed by atoms with Crippen LogP contribution >= 0.6 is 0 Å². The minimum absolute atomic E-state index is 0.106. The molecule has 2 amide bonds. The Bertz CT molecular complexity index is 933. The predicted molar refractivity (Wildman–Crippen MR) is 128 cm³/mol. The summed E-state index contributed by atoms with van der Waals surface area (Å²) in [6.07, 6.45) is 2.90. The first kappa shape index (κ1) is 25.3. The number of benzene rings is 2. The van der Waals surface area contributed by atoms with Gasteiger partial charge in [0.25, 0.3) is 11.8 Å². The van der Waals surface area contributed by atoms with Crippen molar-refractivity contribution in [3.05, 3.63) is 41.5 Å². The second kappa shape index (κ2) is 12.2. The number of rotatable bonds is 11. The first-order valence-corrected chi connectivity index (χ1v) is 11.4. The summed E-state index contributed by atoms with van der Waals surface area (Å²) < 4.78 is 0. The lowest BCUT2D eigenvalue weighted by Crippen LogP contribution is -2.40. The van der Waals surface area contributed by atoms with Crippen LogP contribution in [0.2, 0.25) is 0 Å². The molecule has 0 spiro atoms. The molecule has 0 aliphatic carbocycles. The van der Waals surface area contributed by atoms with Gasteiger partial charge in [0.15, 0.2) is 0 Å². The molecule has 0 saturated heterocycles. The van der Waals surface area contributed by atoms with Gasteiger partial charge in [-0.25, -0.2) is 0 Å². The molecule has 3 rings (SSSR count). The van der Waals surface area contributed by atoms with E-state index in [1.165, 1.54) is 4.90 Å². The maximum Gasteiger partial charge on any atom is 0.303 e. The van der Waals surface area contributed by atoms with Gasteiger partial charge in [0.05, 0.1) is 0 Å². The largest absolute Gasteiger partial charge is 0.481 e. The number of amides is 2. The van der Waals surface area contributed by atoms with Crippen molar-refractivity contribution in [3.63, 3.8) is 0 Å². The molecule has 1 aliphatic rings. The molecule has 32 heavy (non-hydrogen) atoms. The highest BCUT2D eigenvalue weighted by molar-refractivity contribution is 6.26. The quantitative estimate of drug-likeness (QED) is 0.395. The van der Waals surface area contributed by atoms with Crippen molar-refractivity contribution >= 4 is 34.2 Å². The summed E-state index contributed by atoms with van der Waals surface area (Å²) >= 11 is 0. The van der Waals surface area contributed by atoms with E-state index in [1.807, 2.05) is 46.1 Å². The molecule has 2 N–H and O–H groups in total. The average molecular weight is 442 g/mol. The van der Waals surface area contributed by atoms with Crippen molar-refractivity contribution in [2.24, 2.45) is 0 Å². The van der Waals surface area contributed by atoms with Crippen molar-refractivity contribution in [2.45, 2.75) is 46.0 Å². The molecule has 0 bridgehead atoms. The number of nitrogens with zero attached hydrogens (tertiary/aromatic N) is 2. The first-order chi connectivity index (χ1) is 15.4. The number of hydrogen-bond donors (Lipinski definition) is 2. The fourth-order valence-electron chi connectivity index (χ4n) is 3.84. The number of carboxylic acids is 1. The van der Waals surface area contributed by atoms with E-state index in [1.54, 1.807) is 12.1 Å². The minimum atomic E-state index is -0.827. The molecule has 2 aromatic carbocycles. The number of aliphatic carboxylic acids is 1. The van der Waals surface area contributed by atoms with E-state index >= 15 is 0 Å². The number of imide groups is 1. The summed E-state index contributed by atoms with van der Waals surface area (Å²) in [6, 6.07) is 9.28. The third-order valence-corrected chi connectivity index (χ3v) is 5.36. The minimum Gasteiger partial charge on any atom is -0.481 e. The van der Waals surface area contributed by atoms with Crippen LogP contribution in [0.5, 0.6) is 0 Å². The molecule has 0 aromatic heterocycles. The fourth-order valence-corrected chi connectivity index (χ4v) is 3.84. The molecule has 174 valence electrons. The SMILES string of the molecule is CC.CN(C)CCCNc1ccc2c3c(cccc13)C(=O)N(CCCCCC(=O)O)C2=O. The number of anilines is 1. The van der Waals surface area contributed by atoms with Crippen LogP contribution in [0, 0.1) is 0 Å². The Morgan fingerprint density at radius 1 is 0.969 bits per heavy atom. The smallest absolute Gasteiger partial charge is 0.303 e. The van der Waals surface area contributed by atoms with Gasteiger partial charge in [-0.15, -0.1) is 0 Å². The zero-order valence-electron chi connectivity index (χ0n) is 19.6. The Morgan fingerprint density at radius 3 is 2.31 bits per heavy atom. The summed E-state index contributed by atoms with van der Waals surface area (Å²) in [5.41, 5.74) is 2.02. The van der Waals surface area contributed by atoms with Crippen LogP contribution in [0.3, 0.4) is 0 Å². The zero-order chi connectivity index (χ0) is 23.7. The van der Waals surface area contributed by atoms with Crippen LogP contribution in [0.15, 0.2) is 30.3 Å². The molecular formula is C25H35N3O4. The summed E-state index contributed by atoms with van der Waals surface area (Å²) in [5.74, 6) is -1.38. The van der Waals surface area contributed by atoms with E-state index in [-0.39, 0.29) is 18.2 Å². The van der Waals surface area contributed by atoms with Gasteiger partial charge in [0.2, 0.25) is 0 Å². The Morgan fingerprint density at radius 2 is 1.66 bits per heavy atom. The normalized spacial score (nSPS) is 12.7. The molecule has 0 atom stereocenters. The van der Waals surface area contributed by atoms with E-state index in [2.05, 4.69) is 10.2 Å². The third-order valence-electron chi connectivity index (χ3n) is 5.36. The summed E-state index contributed by atoms with van der Waals surface area (Å²) in [5, 5.41) is 13.8. The molecule has 2 aromatic rings. The van der Waals surface area contributed by atoms with E-state index in [0.717, 1.165) is 30.6 Å². The number of unbranched alkanes of at least 4 members (excludes halogenated alkanes) is 2. The lowest BCUT2D eigenvalue weighted by Gasteiger charge is -2.28. The Labute approximate surface area is 190 Å². The van der Waals surface area contributed by atoms with Gasteiger partial charge >= 0.3 is 5.97 Å². The van der Waals surface area contributed by atoms with Crippen LogP contribution in [0.1, 0.15) is 66.7 Å². The van der Waals surface area contributed by atoms with E-state index in [0.29, 0.717) is 42.3 Å². The van der Waals surface area contributed by atoms with Crippen LogP contribution in [-0.2, 0) is 4.79 Å². The van der Waals surface area contributed by atoms with Crippen molar-refractivity contribution < 1.29 is 19.5 Å². The fraction of sp³-hybridized carbons (Fsp3) is 0.480. The number of carboxylic acid groups (broad SMARTS) is 1. The second-order valence-electron chi connectivity index (χ2n) is 7.94. The van der Waals surface area contributed by atoms with Gasteiger partial charge in [0.1, 0.15) is 0 Å². The van der Waals surface area contributed by atoms with E-state index in [4.69, 9.17) is 5.11 Å². The summed E-state index contributed by atoms with van der Waals surface area (Å²) in [6.45, 7) is 6.09. The number of hydrogen-bond acceptors (Lipinski definition) is 5. The summed E-state index contributed by atoms with van der Waals surface area (Å²) in [7, 11) is 4.08. The highest BCUT2D eigenvalue weighted by atomic mass is 16.4. The topological polar surface area (TPSA) is 90.0 Å². The lowest BCUT2D eigenvalue weighted by atomic mass is 9.92. The first-order valence-electron chi connectivity index (χ1n) is 11.4. The van der Waals surface area contributed by atoms with Gasteiger partial charge in [-0.1, -0.05) is 32.4 Å². The summed E-state index contributed by atoms with van der Waals surface area (Å²) in [4.78, 5) is 40.1. The second-order valence-corrected chi connectivity index (χ2v) is 7.94. The monoisotopic (exact) mass is 441 g/mol. The average Bonchev–Trinajstić information content (AvgIpc) is 2.78. The van der Waals surface area contributed by atoms with Gasteiger partial charge in [-0.2, -0.15) is 0 Å². The van der Waals surface area contributed by atoms with Crippen molar-refractivity contribution in [1.29, 1.82) is 0 Å². The van der Waals surface area contributed by atoms with E-state index in [9.17, 15) is 14.4 Å². The number of nitrogens with one attached hydrogen (secondary N) is 1. The molecule has 0 radical (unpaired) electrons. The van der Waals surface area contributed by atoms with Crippen molar-refractivity contribution in [2.75, 3.05) is 39.0 Å². The molecule has 7 nitrogen and oxygen atoms in total. The highest BCUT2D eigenvalue weighted by Crippen LogP contribution is 2.34. The Balaban J connectivity index is 0.00000176. The van der Waals surface area contributed by atoms with Crippen LogP contribution in [-0.4, -0.2) is 66.4 Å².